The number of carboxylic acids is 1. The number of nitrogens with zero attached hydrogens (tertiary/aromatic N) is 1. The van der Waals surface area contributed by atoms with Gasteiger partial charge in [-0.1, -0.05) is 28.1 Å². The third-order valence-electron chi connectivity index (χ3n) is 2.31. The summed E-state index contributed by atoms with van der Waals surface area (Å²) in [6.07, 6.45) is 0.884. The molecule has 1 aromatic carbocycles. The van der Waals surface area contributed by atoms with Gasteiger partial charge in [-0.05, 0) is 24.1 Å². The van der Waals surface area contributed by atoms with E-state index in [4.69, 9.17) is 5.11 Å². The molecule has 3 nitrogen and oxygen atoms in total. The predicted molar refractivity (Wildman–Crippen MR) is 69.4 cm³/mol. The number of hydrogen-bond donors (Lipinski definition) is 1. The number of alkyl halides is 1. The molecule has 1 N–H and O–H groups in total. The molecule has 0 amide bonds. The van der Waals surface area contributed by atoms with Crippen molar-refractivity contribution >= 4 is 27.6 Å². The minimum Gasteiger partial charge on any atom is -0.481 e. The van der Waals surface area contributed by atoms with Crippen molar-refractivity contribution in [2.75, 3.05) is 19.0 Å². The Morgan fingerprint density at radius 2 is 1.94 bits per heavy atom. The first-order chi connectivity index (χ1) is 7.49. The van der Waals surface area contributed by atoms with E-state index in [0.717, 1.165) is 17.7 Å². The Balaban J connectivity index is 2.58. The third-order valence-corrected chi connectivity index (χ3v) is 2.95. The second kappa shape index (κ2) is 5.89. The number of carbonyl (C=O) groups is 1. The summed E-state index contributed by atoms with van der Waals surface area (Å²) in [5.74, 6) is -0.771. The van der Waals surface area contributed by atoms with Crippen LogP contribution in [0.2, 0.25) is 0 Å². The van der Waals surface area contributed by atoms with Crippen molar-refractivity contribution in [2.24, 2.45) is 0 Å². The first-order valence-corrected chi connectivity index (χ1v) is 6.02. The Labute approximate surface area is 104 Å². The predicted octanol–water partition coefficient (Wildman–Crippen LogP) is 2.53. The van der Waals surface area contributed by atoms with Crippen LogP contribution in [0.25, 0.3) is 0 Å². The summed E-state index contributed by atoms with van der Waals surface area (Å²) in [7, 11) is 3.99. The molecule has 4 heteroatoms. The Kier molecular flexibility index (Phi) is 4.80. The monoisotopic (exact) mass is 285 g/mol. The quantitative estimate of drug-likeness (QED) is 0.846. The first kappa shape index (κ1) is 13.0. The maximum atomic E-state index is 10.5. The summed E-state index contributed by atoms with van der Waals surface area (Å²) in [5.41, 5.74) is 2.29. The fraction of sp³-hybridized carbons (Fsp3) is 0.417. The molecule has 0 aliphatic heterocycles. The van der Waals surface area contributed by atoms with E-state index < -0.39 is 5.97 Å². The zero-order valence-corrected chi connectivity index (χ0v) is 11.1. The minimum absolute atomic E-state index is 0.00444. The fourth-order valence-corrected chi connectivity index (χ4v) is 2.10. The first-order valence-electron chi connectivity index (χ1n) is 5.11. The Morgan fingerprint density at radius 1 is 1.38 bits per heavy atom. The molecule has 1 aromatic rings. The number of carboxylic acid groups (broad SMARTS) is 1. The highest BCUT2D eigenvalue weighted by Gasteiger charge is 2.10. The summed E-state index contributed by atoms with van der Waals surface area (Å²) in [6, 6.07) is 8.14. The van der Waals surface area contributed by atoms with E-state index in [0.29, 0.717) is 0 Å². The Morgan fingerprint density at radius 3 is 2.38 bits per heavy atom. The van der Waals surface area contributed by atoms with Gasteiger partial charge >= 0.3 is 5.97 Å². The number of anilines is 1. The molecule has 88 valence electrons. The highest BCUT2D eigenvalue weighted by molar-refractivity contribution is 9.09. The highest BCUT2D eigenvalue weighted by Crippen LogP contribution is 2.17. The van der Waals surface area contributed by atoms with Crippen LogP contribution >= 0.6 is 15.9 Å². The van der Waals surface area contributed by atoms with Crippen LogP contribution in [0.3, 0.4) is 0 Å². The van der Waals surface area contributed by atoms with E-state index >= 15 is 0 Å². The lowest BCUT2D eigenvalue weighted by Gasteiger charge is -2.13. The highest BCUT2D eigenvalue weighted by atomic mass is 79.9. The van der Waals surface area contributed by atoms with Crippen LogP contribution in [0.4, 0.5) is 5.69 Å². The molecule has 1 atom stereocenters. The molecule has 0 aromatic heterocycles. The van der Waals surface area contributed by atoms with Gasteiger partial charge in [0.2, 0.25) is 0 Å². The van der Waals surface area contributed by atoms with Crippen LogP contribution in [0.1, 0.15) is 12.0 Å². The van der Waals surface area contributed by atoms with Gasteiger partial charge in [-0.25, -0.2) is 0 Å². The molecule has 0 aliphatic carbocycles. The van der Waals surface area contributed by atoms with Crippen LogP contribution in [0, 0.1) is 0 Å². The van der Waals surface area contributed by atoms with E-state index in [1.807, 2.05) is 43.3 Å². The van der Waals surface area contributed by atoms with Gasteiger partial charge in [0, 0.05) is 24.6 Å². The average Bonchev–Trinajstić information content (AvgIpc) is 2.16. The lowest BCUT2D eigenvalue weighted by atomic mass is 10.1. The molecule has 0 bridgehead atoms. The smallest absolute Gasteiger partial charge is 0.304 e. The SMILES string of the molecule is CN(C)c1ccc(CC(Br)CC(=O)O)cc1. The molecule has 0 radical (unpaired) electrons. The molecular weight excluding hydrogens is 270 g/mol. The van der Waals surface area contributed by atoms with Crippen LogP contribution in [0.5, 0.6) is 0 Å². The molecule has 0 aliphatic rings. The van der Waals surface area contributed by atoms with Crippen molar-refractivity contribution in [3.05, 3.63) is 29.8 Å². The maximum absolute atomic E-state index is 10.5. The van der Waals surface area contributed by atoms with Crippen LogP contribution in [-0.4, -0.2) is 30.0 Å². The third kappa shape index (κ3) is 4.23. The number of benzene rings is 1. The van der Waals surface area contributed by atoms with E-state index in [9.17, 15) is 4.79 Å². The number of rotatable bonds is 5. The molecule has 0 fully saturated rings. The maximum Gasteiger partial charge on any atom is 0.304 e. The van der Waals surface area contributed by atoms with Crippen molar-refractivity contribution in [1.82, 2.24) is 0 Å². The lowest BCUT2D eigenvalue weighted by Crippen LogP contribution is -2.10. The van der Waals surface area contributed by atoms with Gasteiger partial charge in [0.05, 0.1) is 6.42 Å². The minimum atomic E-state index is -0.771. The van der Waals surface area contributed by atoms with Crippen molar-refractivity contribution in [1.29, 1.82) is 0 Å². The van der Waals surface area contributed by atoms with Crippen LogP contribution in [-0.2, 0) is 11.2 Å². The van der Waals surface area contributed by atoms with Gasteiger partial charge in [-0.15, -0.1) is 0 Å². The van der Waals surface area contributed by atoms with Crippen molar-refractivity contribution < 1.29 is 9.90 Å². The van der Waals surface area contributed by atoms with E-state index in [2.05, 4.69) is 15.9 Å². The zero-order valence-electron chi connectivity index (χ0n) is 9.48. The number of halogens is 1. The Bertz CT molecular complexity index is 349. The lowest BCUT2D eigenvalue weighted by molar-refractivity contribution is -0.136. The number of hydrogen-bond acceptors (Lipinski definition) is 2. The van der Waals surface area contributed by atoms with Gasteiger partial charge in [-0.2, -0.15) is 0 Å². The molecule has 0 saturated carbocycles. The van der Waals surface area contributed by atoms with Crippen molar-refractivity contribution in [3.8, 4) is 0 Å². The summed E-state index contributed by atoms with van der Waals surface area (Å²) < 4.78 is 0. The fourth-order valence-electron chi connectivity index (χ4n) is 1.45. The molecule has 1 unspecified atom stereocenters. The molecule has 16 heavy (non-hydrogen) atoms. The molecule has 0 heterocycles. The van der Waals surface area contributed by atoms with Crippen LogP contribution in [0.15, 0.2) is 24.3 Å². The molecule has 1 rings (SSSR count). The molecular formula is C12H16BrNO2. The summed E-state index contributed by atoms with van der Waals surface area (Å²) in [4.78, 5) is 12.5. The molecule has 0 spiro atoms. The zero-order chi connectivity index (χ0) is 12.1. The van der Waals surface area contributed by atoms with Gasteiger partial charge < -0.3 is 10.0 Å². The van der Waals surface area contributed by atoms with Crippen LogP contribution < -0.4 is 4.90 Å². The van der Waals surface area contributed by atoms with Gasteiger partial charge in [0.15, 0.2) is 0 Å². The molecule has 0 saturated heterocycles. The summed E-state index contributed by atoms with van der Waals surface area (Å²) >= 11 is 3.37. The second-order valence-electron chi connectivity index (χ2n) is 3.96. The standard InChI is InChI=1S/C12H16BrNO2/c1-14(2)11-5-3-9(4-6-11)7-10(13)8-12(15)16/h3-6,10H,7-8H2,1-2H3,(H,15,16). The topological polar surface area (TPSA) is 40.5 Å². The van der Waals surface area contributed by atoms with Gasteiger partial charge in [0.1, 0.15) is 0 Å². The van der Waals surface area contributed by atoms with E-state index in [-0.39, 0.29) is 11.2 Å². The van der Waals surface area contributed by atoms with E-state index in [1.54, 1.807) is 0 Å². The largest absolute Gasteiger partial charge is 0.481 e. The van der Waals surface area contributed by atoms with Crippen molar-refractivity contribution in [2.45, 2.75) is 17.7 Å². The Hall–Kier alpha value is -1.03. The average molecular weight is 286 g/mol. The van der Waals surface area contributed by atoms with Gasteiger partial charge in [-0.3, -0.25) is 4.79 Å². The number of aliphatic carboxylic acids is 1. The van der Waals surface area contributed by atoms with Gasteiger partial charge in [0.25, 0.3) is 0 Å². The summed E-state index contributed by atoms with van der Waals surface area (Å²) in [6.45, 7) is 0. The van der Waals surface area contributed by atoms with Crippen molar-refractivity contribution in [3.63, 3.8) is 0 Å². The van der Waals surface area contributed by atoms with E-state index in [1.165, 1.54) is 0 Å². The second-order valence-corrected chi connectivity index (χ2v) is 5.26. The normalized spacial score (nSPS) is 12.2. The summed E-state index contributed by atoms with van der Waals surface area (Å²) in [5, 5.41) is 8.64.